The third-order valence-corrected chi connectivity index (χ3v) is 3.64. The molecule has 4 N–H and O–H groups in total. The fourth-order valence-corrected chi connectivity index (χ4v) is 2.43. The number of nitrogens with two attached hydrogens (primary N) is 1. The molecule has 21 heavy (non-hydrogen) atoms. The first-order valence-electron chi connectivity index (χ1n) is 6.68. The van der Waals surface area contributed by atoms with Gasteiger partial charge in [-0.25, -0.2) is 4.39 Å². The molecule has 0 bridgehead atoms. The van der Waals surface area contributed by atoms with E-state index in [-0.39, 0.29) is 23.3 Å². The van der Waals surface area contributed by atoms with E-state index in [4.69, 9.17) is 5.73 Å². The summed E-state index contributed by atoms with van der Waals surface area (Å²) in [5.41, 5.74) is 4.47. The Balaban J connectivity index is 2.24. The van der Waals surface area contributed by atoms with Gasteiger partial charge in [-0.05, 0) is 32.4 Å². The van der Waals surface area contributed by atoms with Gasteiger partial charge >= 0.3 is 0 Å². The molecule has 0 radical (unpaired) electrons. The highest BCUT2D eigenvalue weighted by molar-refractivity contribution is 6.01. The molecule has 1 aliphatic heterocycles. The third-order valence-electron chi connectivity index (χ3n) is 3.64. The molecule has 1 aromatic rings. The minimum Gasteiger partial charge on any atom is -0.393 e. The van der Waals surface area contributed by atoms with Gasteiger partial charge in [-0.3, -0.25) is 14.9 Å². The van der Waals surface area contributed by atoms with Gasteiger partial charge in [-0.15, -0.1) is 0 Å². The first-order valence-corrected chi connectivity index (χ1v) is 6.68. The van der Waals surface area contributed by atoms with Crippen molar-refractivity contribution in [3.63, 3.8) is 0 Å². The number of hydrogen-bond donors (Lipinski definition) is 3. The van der Waals surface area contributed by atoms with Crippen LogP contribution in [-0.2, 0) is 0 Å². The molecule has 2 rings (SSSR count). The van der Waals surface area contributed by atoms with Crippen LogP contribution < -0.4 is 16.4 Å². The van der Waals surface area contributed by atoms with Gasteiger partial charge in [0.2, 0.25) is 0 Å². The summed E-state index contributed by atoms with van der Waals surface area (Å²) < 4.78 is 13.4. The zero-order chi connectivity index (χ0) is 15.6. The minimum atomic E-state index is -0.865. The lowest BCUT2D eigenvalue weighted by Gasteiger charge is -2.30. The summed E-state index contributed by atoms with van der Waals surface area (Å²) in [4.78, 5) is 22.2. The van der Waals surface area contributed by atoms with Crippen molar-refractivity contribution in [3.8, 4) is 0 Å². The van der Waals surface area contributed by atoms with Crippen LogP contribution in [0.5, 0.6) is 0 Å². The van der Waals surface area contributed by atoms with Crippen molar-refractivity contribution in [1.82, 2.24) is 10.6 Å². The number of amides is 1. The highest BCUT2D eigenvalue weighted by Crippen LogP contribution is 2.27. The molecule has 1 amide bonds. The van der Waals surface area contributed by atoms with Gasteiger partial charge in [-0.2, -0.15) is 0 Å². The van der Waals surface area contributed by atoms with Crippen LogP contribution >= 0.6 is 0 Å². The second-order valence-electron chi connectivity index (χ2n) is 5.11. The van der Waals surface area contributed by atoms with E-state index < -0.39 is 22.3 Å². The standard InChI is InChI=1S/C13H17FN4O3/c1-7-10(3-2-4-16-7)17-13(19)9-5-8(14)6-11(12(9)15)18(20)21/h5-7,10,16H,2-4,15H2,1H3,(H,17,19). The largest absolute Gasteiger partial charge is 0.393 e. The molecule has 2 unspecified atom stereocenters. The van der Waals surface area contributed by atoms with Crippen LogP contribution in [0.25, 0.3) is 0 Å². The van der Waals surface area contributed by atoms with Crippen LogP contribution in [0.1, 0.15) is 30.1 Å². The molecule has 1 saturated heterocycles. The second kappa shape index (κ2) is 6.04. The number of nitrogens with zero attached hydrogens (tertiary/aromatic N) is 1. The minimum absolute atomic E-state index is 0.0764. The lowest BCUT2D eigenvalue weighted by Crippen LogP contribution is -2.52. The van der Waals surface area contributed by atoms with Crippen molar-refractivity contribution >= 4 is 17.3 Å². The highest BCUT2D eigenvalue weighted by Gasteiger charge is 2.26. The summed E-state index contributed by atoms with van der Waals surface area (Å²) in [6.45, 7) is 2.81. The maximum Gasteiger partial charge on any atom is 0.295 e. The number of nitro groups is 1. The Morgan fingerprint density at radius 3 is 2.90 bits per heavy atom. The fourth-order valence-electron chi connectivity index (χ4n) is 2.43. The van der Waals surface area contributed by atoms with Crippen LogP contribution in [0.2, 0.25) is 0 Å². The Labute approximate surface area is 120 Å². The van der Waals surface area contributed by atoms with Crippen molar-refractivity contribution in [2.45, 2.75) is 31.8 Å². The van der Waals surface area contributed by atoms with Crippen LogP contribution in [-0.4, -0.2) is 29.5 Å². The number of carbonyl (C=O) groups is 1. The van der Waals surface area contributed by atoms with Crippen LogP contribution in [0, 0.1) is 15.9 Å². The Bertz CT molecular complexity index is 579. The molecule has 1 fully saturated rings. The molecular formula is C13H17FN4O3. The average molecular weight is 296 g/mol. The summed E-state index contributed by atoms with van der Waals surface area (Å²) in [6.07, 6.45) is 1.70. The Morgan fingerprint density at radius 1 is 1.57 bits per heavy atom. The smallest absolute Gasteiger partial charge is 0.295 e. The van der Waals surface area contributed by atoms with E-state index in [1.807, 2.05) is 6.92 Å². The van der Waals surface area contributed by atoms with Crippen molar-refractivity contribution < 1.29 is 14.1 Å². The number of nitro benzene ring substituents is 1. The number of carbonyl (C=O) groups excluding carboxylic acids is 1. The van der Waals surface area contributed by atoms with E-state index in [1.165, 1.54) is 0 Å². The molecule has 1 aliphatic rings. The number of hydrogen-bond acceptors (Lipinski definition) is 5. The molecular weight excluding hydrogens is 279 g/mol. The number of nitrogen functional groups attached to an aromatic ring is 1. The molecule has 1 aromatic carbocycles. The number of rotatable bonds is 3. The number of anilines is 1. The first-order chi connectivity index (χ1) is 9.90. The summed E-state index contributed by atoms with van der Waals surface area (Å²) in [7, 11) is 0. The van der Waals surface area contributed by atoms with Crippen molar-refractivity contribution in [2.24, 2.45) is 0 Å². The molecule has 0 spiro atoms. The van der Waals surface area contributed by atoms with E-state index in [1.54, 1.807) is 0 Å². The molecule has 8 heteroatoms. The predicted molar refractivity (Wildman–Crippen MR) is 75.4 cm³/mol. The van der Waals surface area contributed by atoms with Gasteiger partial charge in [0.1, 0.15) is 11.5 Å². The SMILES string of the molecule is CC1NCCCC1NC(=O)c1cc(F)cc([N+](=O)[O-])c1N. The molecule has 7 nitrogen and oxygen atoms in total. The zero-order valence-corrected chi connectivity index (χ0v) is 11.6. The van der Waals surface area contributed by atoms with Gasteiger partial charge in [-0.1, -0.05) is 0 Å². The lowest BCUT2D eigenvalue weighted by atomic mass is 9.99. The molecule has 2 atom stereocenters. The van der Waals surface area contributed by atoms with Crippen molar-refractivity contribution in [3.05, 3.63) is 33.6 Å². The van der Waals surface area contributed by atoms with Gasteiger partial charge in [0, 0.05) is 12.1 Å². The number of nitrogens with one attached hydrogen (secondary N) is 2. The van der Waals surface area contributed by atoms with Crippen molar-refractivity contribution in [2.75, 3.05) is 12.3 Å². The summed E-state index contributed by atoms with van der Waals surface area (Å²) in [5, 5.41) is 16.8. The fraction of sp³-hybridized carbons (Fsp3) is 0.462. The van der Waals surface area contributed by atoms with Gasteiger partial charge in [0.15, 0.2) is 0 Å². The maximum absolute atomic E-state index is 13.4. The number of benzene rings is 1. The van der Waals surface area contributed by atoms with Gasteiger partial charge in [0.25, 0.3) is 11.6 Å². The van der Waals surface area contributed by atoms with Crippen LogP contribution in [0.3, 0.4) is 0 Å². The lowest BCUT2D eigenvalue weighted by molar-refractivity contribution is -0.384. The van der Waals surface area contributed by atoms with Crippen molar-refractivity contribution in [1.29, 1.82) is 0 Å². The van der Waals surface area contributed by atoms with Gasteiger partial charge in [0.05, 0.1) is 16.6 Å². The number of halogens is 1. The Kier molecular flexibility index (Phi) is 4.37. The molecule has 0 aromatic heterocycles. The quantitative estimate of drug-likeness (QED) is 0.441. The zero-order valence-electron chi connectivity index (χ0n) is 11.6. The summed E-state index contributed by atoms with van der Waals surface area (Å²) >= 11 is 0. The molecule has 1 heterocycles. The maximum atomic E-state index is 13.4. The van der Waals surface area contributed by atoms with Crippen LogP contribution in [0.15, 0.2) is 12.1 Å². The first kappa shape index (κ1) is 15.2. The second-order valence-corrected chi connectivity index (χ2v) is 5.11. The van der Waals surface area contributed by atoms with E-state index in [2.05, 4.69) is 10.6 Å². The van der Waals surface area contributed by atoms with E-state index >= 15 is 0 Å². The van der Waals surface area contributed by atoms with Crippen LogP contribution in [0.4, 0.5) is 15.8 Å². The predicted octanol–water partition coefficient (Wildman–Crippen LogP) is 1.19. The van der Waals surface area contributed by atoms with E-state index in [0.717, 1.165) is 25.5 Å². The summed E-state index contributed by atoms with van der Waals surface area (Å²) in [6, 6.07) is 1.58. The molecule has 0 saturated carbocycles. The monoisotopic (exact) mass is 296 g/mol. The molecule has 114 valence electrons. The topological polar surface area (TPSA) is 110 Å². The number of piperidine rings is 1. The Hall–Kier alpha value is -2.22. The Morgan fingerprint density at radius 2 is 2.29 bits per heavy atom. The average Bonchev–Trinajstić information content (AvgIpc) is 2.43. The summed E-state index contributed by atoms with van der Waals surface area (Å²) in [5.74, 6) is -1.47. The third kappa shape index (κ3) is 3.27. The normalized spacial score (nSPS) is 21.8. The molecule has 0 aliphatic carbocycles. The highest BCUT2D eigenvalue weighted by atomic mass is 19.1. The van der Waals surface area contributed by atoms with Gasteiger partial charge < -0.3 is 16.4 Å². The van der Waals surface area contributed by atoms with E-state index in [0.29, 0.717) is 6.07 Å². The van der Waals surface area contributed by atoms with E-state index in [9.17, 15) is 19.3 Å².